The molecule has 1 aliphatic heterocycles. The largest absolute Gasteiger partial charge is 0.493 e. The number of benzene rings is 1. The Bertz CT molecular complexity index is 1430. The van der Waals surface area contributed by atoms with E-state index in [2.05, 4.69) is 21.9 Å². The number of methoxy groups -OCH3 is 2. The zero-order valence-electron chi connectivity index (χ0n) is 20.9. The van der Waals surface area contributed by atoms with E-state index in [4.69, 9.17) is 26.8 Å². The highest BCUT2D eigenvalue weighted by molar-refractivity contribution is 6.35. The normalized spacial score (nSPS) is 17.6. The van der Waals surface area contributed by atoms with Crippen molar-refractivity contribution in [2.45, 2.75) is 39.3 Å². The van der Waals surface area contributed by atoms with Gasteiger partial charge in [0.1, 0.15) is 17.1 Å². The SMILES string of the molecule is COc1cc(OC)c(F)c(C#Cc2nn(C3CCN(C(=O)O)[C@H]3C(C)(C)C)c3c(Cl)cnc(N)c23)c1F. The zero-order valence-corrected chi connectivity index (χ0v) is 21.7. The average Bonchev–Trinajstić information content (AvgIpc) is 3.44. The fourth-order valence-corrected chi connectivity index (χ4v) is 5.12. The molecule has 37 heavy (non-hydrogen) atoms. The van der Waals surface area contributed by atoms with Crippen molar-refractivity contribution in [3.8, 4) is 23.3 Å². The molecule has 9 nitrogen and oxygen atoms in total. The van der Waals surface area contributed by atoms with E-state index in [1.54, 1.807) is 4.68 Å². The Morgan fingerprint density at radius 2 is 1.84 bits per heavy atom. The number of anilines is 1. The van der Waals surface area contributed by atoms with Crippen molar-refractivity contribution in [2.24, 2.45) is 5.41 Å². The van der Waals surface area contributed by atoms with Gasteiger partial charge in [0.05, 0.1) is 48.4 Å². The van der Waals surface area contributed by atoms with Crippen molar-refractivity contribution >= 4 is 34.4 Å². The van der Waals surface area contributed by atoms with Gasteiger partial charge in [-0.15, -0.1) is 0 Å². The fourth-order valence-electron chi connectivity index (χ4n) is 4.89. The van der Waals surface area contributed by atoms with E-state index in [1.165, 1.54) is 25.3 Å². The number of nitrogens with two attached hydrogens (primary N) is 1. The molecule has 3 N–H and O–H groups in total. The summed E-state index contributed by atoms with van der Waals surface area (Å²) in [6, 6.07) is 0.235. The lowest BCUT2D eigenvalue weighted by Crippen LogP contribution is -2.46. The van der Waals surface area contributed by atoms with Crippen LogP contribution in [0.5, 0.6) is 11.5 Å². The molecule has 1 unspecified atom stereocenters. The molecule has 0 spiro atoms. The van der Waals surface area contributed by atoms with Crippen LogP contribution in [0.15, 0.2) is 12.3 Å². The highest BCUT2D eigenvalue weighted by Gasteiger charge is 2.46. The third kappa shape index (κ3) is 4.46. The highest BCUT2D eigenvalue weighted by atomic mass is 35.5. The number of carbonyl (C=O) groups is 1. The summed E-state index contributed by atoms with van der Waals surface area (Å²) >= 11 is 6.52. The van der Waals surface area contributed by atoms with Crippen LogP contribution in [0.4, 0.5) is 19.4 Å². The molecule has 2 aromatic heterocycles. The van der Waals surface area contributed by atoms with E-state index in [9.17, 15) is 18.7 Å². The lowest BCUT2D eigenvalue weighted by atomic mass is 9.82. The van der Waals surface area contributed by atoms with Gasteiger partial charge in [-0.3, -0.25) is 4.68 Å². The molecule has 1 saturated heterocycles. The number of rotatable bonds is 3. The van der Waals surface area contributed by atoms with Gasteiger partial charge in [-0.2, -0.15) is 5.10 Å². The molecule has 2 atom stereocenters. The molecular formula is C25H26ClF2N5O4. The Morgan fingerprint density at radius 3 is 2.38 bits per heavy atom. The lowest BCUT2D eigenvalue weighted by molar-refractivity contribution is 0.0913. The van der Waals surface area contributed by atoms with Crippen LogP contribution in [0.1, 0.15) is 44.5 Å². The molecule has 12 heteroatoms. The summed E-state index contributed by atoms with van der Waals surface area (Å²) in [4.78, 5) is 17.5. The van der Waals surface area contributed by atoms with Crippen LogP contribution < -0.4 is 15.2 Å². The van der Waals surface area contributed by atoms with Crippen molar-refractivity contribution in [1.29, 1.82) is 0 Å². The molecule has 1 aromatic carbocycles. The van der Waals surface area contributed by atoms with Gasteiger partial charge in [0.2, 0.25) is 0 Å². The monoisotopic (exact) mass is 533 g/mol. The Balaban J connectivity index is 1.94. The molecule has 196 valence electrons. The van der Waals surface area contributed by atoms with Gasteiger partial charge < -0.3 is 25.2 Å². The van der Waals surface area contributed by atoms with Crippen molar-refractivity contribution in [2.75, 3.05) is 26.5 Å². The number of nitrogen functional groups attached to an aromatic ring is 1. The Kier molecular flexibility index (Phi) is 6.81. The second-order valence-electron chi connectivity index (χ2n) is 9.69. The van der Waals surface area contributed by atoms with Gasteiger partial charge in [-0.25, -0.2) is 18.6 Å². The maximum Gasteiger partial charge on any atom is 0.407 e. The maximum atomic E-state index is 14.9. The van der Waals surface area contributed by atoms with Crippen LogP contribution in [0.2, 0.25) is 5.02 Å². The molecule has 3 heterocycles. The molecule has 1 fully saturated rings. The zero-order chi connectivity index (χ0) is 27.2. The van der Waals surface area contributed by atoms with E-state index in [1.807, 2.05) is 20.8 Å². The van der Waals surface area contributed by atoms with E-state index < -0.39 is 40.8 Å². The second-order valence-corrected chi connectivity index (χ2v) is 10.1. The van der Waals surface area contributed by atoms with Gasteiger partial charge >= 0.3 is 6.09 Å². The van der Waals surface area contributed by atoms with E-state index in [0.717, 1.165) is 6.07 Å². The molecule has 1 amide bonds. The second kappa shape index (κ2) is 9.59. The number of aromatic nitrogens is 3. The van der Waals surface area contributed by atoms with Crippen LogP contribution in [-0.2, 0) is 0 Å². The smallest absolute Gasteiger partial charge is 0.407 e. The minimum absolute atomic E-state index is 0.0690. The summed E-state index contributed by atoms with van der Waals surface area (Å²) < 4.78 is 41.3. The summed E-state index contributed by atoms with van der Waals surface area (Å²) in [6.45, 7) is 6.12. The van der Waals surface area contributed by atoms with Crippen molar-refractivity contribution in [3.63, 3.8) is 0 Å². The first-order valence-electron chi connectivity index (χ1n) is 11.3. The van der Waals surface area contributed by atoms with Crippen LogP contribution >= 0.6 is 11.6 Å². The van der Waals surface area contributed by atoms with Gasteiger partial charge in [-0.1, -0.05) is 38.3 Å². The number of halogens is 3. The number of hydrogen-bond acceptors (Lipinski definition) is 6. The minimum Gasteiger partial charge on any atom is -0.493 e. The quantitative estimate of drug-likeness (QED) is 0.469. The third-order valence-corrected chi connectivity index (χ3v) is 6.68. The predicted octanol–water partition coefficient (Wildman–Crippen LogP) is 4.70. The molecule has 4 rings (SSSR count). The highest BCUT2D eigenvalue weighted by Crippen LogP contribution is 2.42. The lowest BCUT2D eigenvalue weighted by Gasteiger charge is -2.37. The predicted molar refractivity (Wildman–Crippen MR) is 134 cm³/mol. The van der Waals surface area contributed by atoms with Crippen molar-refractivity contribution < 1.29 is 28.2 Å². The van der Waals surface area contributed by atoms with Crippen molar-refractivity contribution in [1.82, 2.24) is 19.7 Å². The number of likely N-dealkylation sites (tertiary alicyclic amines) is 1. The number of pyridine rings is 1. The molecular weight excluding hydrogens is 508 g/mol. The average molecular weight is 534 g/mol. The number of fused-ring (bicyclic) bond motifs is 1. The van der Waals surface area contributed by atoms with E-state index >= 15 is 0 Å². The molecule has 1 aliphatic rings. The van der Waals surface area contributed by atoms with Gasteiger partial charge in [0.25, 0.3) is 0 Å². The Hall–Kier alpha value is -3.78. The van der Waals surface area contributed by atoms with Crippen LogP contribution in [0, 0.1) is 28.9 Å². The number of carboxylic acid groups (broad SMARTS) is 1. The molecule has 0 radical (unpaired) electrons. The standard InChI is InChI=1S/C25H26ClF2N5O4/c1-25(2,3)22-15(8-9-32(22)24(34)35)33-21-13(26)11-30-23(29)18(21)14(31-33)7-6-12-19(27)16(36-4)10-17(37-5)20(12)28/h10-11,15,22H,8-9H2,1-5H3,(H2,29,30)(H,34,35)/t15?,22-/m1/s1. The number of amides is 1. The molecule has 0 saturated carbocycles. The molecule has 0 aliphatic carbocycles. The van der Waals surface area contributed by atoms with E-state index in [0.29, 0.717) is 23.9 Å². The first-order valence-corrected chi connectivity index (χ1v) is 11.7. The number of hydrogen-bond donors (Lipinski definition) is 2. The van der Waals surface area contributed by atoms with Gasteiger partial charge in [-0.05, 0) is 17.8 Å². The summed E-state index contributed by atoms with van der Waals surface area (Å²) in [6.07, 6.45) is 0.799. The third-order valence-electron chi connectivity index (χ3n) is 6.40. The van der Waals surface area contributed by atoms with Crippen LogP contribution in [-0.4, -0.2) is 57.7 Å². The Morgan fingerprint density at radius 1 is 1.22 bits per heavy atom. The van der Waals surface area contributed by atoms with Gasteiger partial charge in [0.15, 0.2) is 23.1 Å². The number of nitrogens with zero attached hydrogens (tertiary/aromatic N) is 4. The molecule has 3 aromatic rings. The fraction of sp³-hybridized carbons (Fsp3) is 0.400. The molecule has 0 bridgehead atoms. The minimum atomic E-state index is -1.04. The van der Waals surface area contributed by atoms with Crippen LogP contribution in [0.25, 0.3) is 10.9 Å². The van der Waals surface area contributed by atoms with E-state index in [-0.39, 0.29) is 28.0 Å². The summed E-state index contributed by atoms with van der Waals surface area (Å²) in [7, 11) is 2.48. The topological polar surface area (TPSA) is 116 Å². The summed E-state index contributed by atoms with van der Waals surface area (Å²) in [5.41, 5.74) is 5.65. The summed E-state index contributed by atoms with van der Waals surface area (Å²) in [5.74, 6) is 2.79. The number of ether oxygens (including phenoxy) is 2. The van der Waals surface area contributed by atoms with Crippen molar-refractivity contribution in [3.05, 3.63) is 40.2 Å². The first kappa shape index (κ1) is 26.3. The van der Waals surface area contributed by atoms with Crippen LogP contribution in [0.3, 0.4) is 0 Å². The summed E-state index contributed by atoms with van der Waals surface area (Å²) in [5, 5.41) is 15.0. The Labute approximate surface area is 217 Å². The maximum absolute atomic E-state index is 14.9. The first-order chi connectivity index (χ1) is 17.4. The van der Waals surface area contributed by atoms with Gasteiger partial charge in [0, 0.05) is 12.6 Å².